The van der Waals surface area contributed by atoms with E-state index in [-0.39, 0.29) is 0 Å². The first-order valence-corrected chi connectivity index (χ1v) is 6.40. The highest BCUT2D eigenvalue weighted by Gasteiger charge is 2.30. The molecular weight excluding hydrogens is 242 g/mol. The van der Waals surface area contributed by atoms with Gasteiger partial charge in [0.15, 0.2) is 5.82 Å². The van der Waals surface area contributed by atoms with Gasteiger partial charge in [0.25, 0.3) is 0 Å². The molecule has 100 valence electrons. The van der Waals surface area contributed by atoms with Crippen LogP contribution in [-0.2, 0) is 0 Å². The molecule has 1 aromatic heterocycles. The number of rotatable bonds is 3. The number of nitrogen functional groups attached to an aromatic ring is 1. The summed E-state index contributed by atoms with van der Waals surface area (Å²) in [6, 6.07) is 5.90. The normalized spacial score (nSPS) is 22.0. The Kier molecular flexibility index (Phi) is 2.85. The Hall–Kier alpha value is -2.11. The van der Waals surface area contributed by atoms with Crippen molar-refractivity contribution in [3.05, 3.63) is 18.2 Å². The number of tetrazole rings is 1. The van der Waals surface area contributed by atoms with Crippen molar-refractivity contribution < 1.29 is 4.74 Å². The second-order valence-corrected chi connectivity index (χ2v) is 5.13. The Morgan fingerprint density at radius 1 is 1.37 bits per heavy atom. The van der Waals surface area contributed by atoms with Crippen LogP contribution in [-0.4, -0.2) is 27.3 Å². The maximum absolute atomic E-state index is 6.03. The van der Waals surface area contributed by atoms with Crippen LogP contribution in [0.3, 0.4) is 0 Å². The molecule has 3 rings (SSSR count). The fourth-order valence-electron chi connectivity index (χ4n) is 2.53. The fraction of sp³-hybridized carbons (Fsp3) is 0.462. The van der Waals surface area contributed by atoms with Gasteiger partial charge in [0.1, 0.15) is 5.75 Å². The van der Waals surface area contributed by atoms with E-state index in [0.717, 1.165) is 30.1 Å². The first kappa shape index (κ1) is 12.0. The molecule has 1 fully saturated rings. The van der Waals surface area contributed by atoms with Gasteiger partial charge in [-0.2, -0.15) is 0 Å². The summed E-state index contributed by atoms with van der Waals surface area (Å²) in [6.07, 6.45) is 2.23. The molecule has 0 radical (unpaired) electrons. The molecule has 0 unspecified atom stereocenters. The van der Waals surface area contributed by atoms with E-state index in [1.807, 2.05) is 22.9 Å². The topological polar surface area (TPSA) is 78.8 Å². The van der Waals surface area contributed by atoms with Crippen LogP contribution >= 0.6 is 0 Å². The van der Waals surface area contributed by atoms with Crippen LogP contribution in [0.25, 0.3) is 11.4 Å². The first-order chi connectivity index (χ1) is 9.19. The molecular formula is C13H17N5O. The smallest absolute Gasteiger partial charge is 0.184 e. The number of aromatic nitrogens is 4. The van der Waals surface area contributed by atoms with Crippen molar-refractivity contribution in [1.29, 1.82) is 0 Å². The molecule has 6 heteroatoms. The van der Waals surface area contributed by atoms with Gasteiger partial charge in [0.05, 0.1) is 13.2 Å². The molecule has 1 heterocycles. The summed E-state index contributed by atoms with van der Waals surface area (Å²) in [5.41, 5.74) is 7.51. The summed E-state index contributed by atoms with van der Waals surface area (Å²) in [5, 5.41) is 12.0. The van der Waals surface area contributed by atoms with Gasteiger partial charge in [-0.25, -0.2) is 4.68 Å². The minimum absolute atomic E-state index is 0.380. The average molecular weight is 259 g/mol. The molecule has 1 saturated carbocycles. The zero-order chi connectivity index (χ0) is 13.4. The highest BCUT2D eigenvalue weighted by atomic mass is 16.5. The minimum Gasteiger partial charge on any atom is -0.497 e. The molecule has 0 atom stereocenters. The fourth-order valence-corrected chi connectivity index (χ4v) is 2.53. The number of hydrogen-bond donors (Lipinski definition) is 1. The SMILES string of the molecule is COc1ccc(N)c(-c2nnnn2C2CC(C)C2)c1. The monoisotopic (exact) mass is 259 g/mol. The van der Waals surface area contributed by atoms with Crippen molar-refractivity contribution in [3.8, 4) is 17.1 Å². The van der Waals surface area contributed by atoms with E-state index in [1.165, 1.54) is 0 Å². The zero-order valence-electron chi connectivity index (χ0n) is 11.1. The van der Waals surface area contributed by atoms with Gasteiger partial charge in [-0.3, -0.25) is 0 Å². The second-order valence-electron chi connectivity index (χ2n) is 5.13. The minimum atomic E-state index is 0.380. The predicted octanol–water partition coefficient (Wildman–Crippen LogP) is 1.90. The quantitative estimate of drug-likeness (QED) is 0.852. The van der Waals surface area contributed by atoms with Crippen LogP contribution in [0.4, 0.5) is 5.69 Å². The lowest BCUT2D eigenvalue weighted by atomic mass is 9.82. The standard InChI is InChI=1S/C13H17N5O/c1-8-5-9(6-8)18-13(15-16-17-18)11-7-10(19-2)3-4-12(11)14/h3-4,7-9H,5-6,14H2,1-2H3. The molecule has 0 amide bonds. The molecule has 1 aromatic carbocycles. The summed E-state index contributed by atoms with van der Waals surface area (Å²) in [7, 11) is 1.63. The first-order valence-electron chi connectivity index (χ1n) is 6.40. The third-order valence-corrected chi connectivity index (χ3v) is 3.69. The van der Waals surface area contributed by atoms with Crippen molar-refractivity contribution in [1.82, 2.24) is 20.2 Å². The lowest BCUT2D eigenvalue weighted by molar-refractivity contribution is 0.199. The zero-order valence-corrected chi connectivity index (χ0v) is 11.1. The van der Waals surface area contributed by atoms with Gasteiger partial charge in [0, 0.05) is 11.3 Å². The maximum Gasteiger partial charge on any atom is 0.184 e. The van der Waals surface area contributed by atoms with Gasteiger partial charge in [-0.15, -0.1) is 5.10 Å². The Morgan fingerprint density at radius 2 is 2.16 bits per heavy atom. The van der Waals surface area contributed by atoms with Crippen LogP contribution in [0, 0.1) is 5.92 Å². The number of benzene rings is 1. The van der Waals surface area contributed by atoms with E-state index in [0.29, 0.717) is 17.6 Å². The lowest BCUT2D eigenvalue weighted by Gasteiger charge is -2.32. The van der Waals surface area contributed by atoms with Gasteiger partial charge < -0.3 is 10.5 Å². The Balaban J connectivity index is 2.00. The Bertz CT molecular complexity index is 588. The van der Waals surface area contributed by atoms with E-state index in [4.69, 9.17) is 10.5 Å². The Labute approximate surface area is 111 Å². The summed E-state index contributed by atoms with van der Waals surface area (Å²) in [6.45, 7) is 2.24. The maximum atomic E-state index is 6.03. The number of nitrogens with zero attached hydrogens (tertiary/aromatic N) is 4. The number of anilines is 1. The third-order valence-electron chi connectivity index (χ3n) is 3.69. The highest BCUT2D eigenvalue weighted by molar-refractivity contribution is 5.73. The number of nitrogens with two attached hydrogens (primary N) is 1. The third kappa shape index (κ3) is 2.03. The molecule has 6 nitrogen and oxygen atoms in total. The van der Waals surface area contributed by atoms with Gasteiger partial charge in [-0.1, -0.05) is 6.92 Å². The molecule has 1 aliphatic carbocycles. The number of ether oxygens (including phenoxy) is 1. The molecule has 1 aliphatic rings. The molecule has 0 spiro atoms. The largest absolute Gasteiger partial charge is 0.497 e. The molecule has 0 saturated heterocycles. The predicted molar refractivity (Wildman–Crippen MR) is 71.7 cm³/mol. The van der Waals surface area contributed by atoms with E-state index in [1.54, 1.807) is 7.11 Å². The molecule has 2 aromatic rings. The highest BCUT2D eigenvalue weighted by Crippen LogP contribution is 2.39. The lowest BCUT2D eigenvalue weighted by Crippen LogP contribution is -2.26. The summed E-state index contributed by atoms with van der Waals surface area (Å²) < 4.78 is 7.11. The van der Waals surface area contributed by atoms with Crippen molar-refractivity contribution in [2.45, 2.75) is 25.8 Å². The van der Waals surface area contributed by atoms with Crippen LogP contribution in [0.5, 0.6) is 5.75 Å². The van der Waals surface area contributed by atoms with Crippen molar-refractivity contribution in [2.24, 2.45) is 5.92 Å². The van der Waals surface area contributed by atoms with E-state index in [9.17, 15) is 0 Å². The Morgan fingerprint density at radius 3 is 2.84 bits per heavy atom. The van der Waals surface area contributed by atoms with Crippen molar-refractivity contribution in [2.75, 3.05) is 12.8 Å². The summed E-state index contributed by atoms with van der Waals surface area (Å²) >= 11 is 0. The van der Waals surface area contributed by atoms with E-state index in [2.05, 4.69) is 22.4 Å². The van der Waals surface area contributed by atoms with Crippen LogP contribution in [0.15, 0.2) is 18.2 Å². The molecule has 2 N–H and O–H groups in total. The van der Waals surface area contributed by atoms with Crippen molar-refractivity contribution >= 4 is 5.69 Å². The number of methoxy groups -OCH3 is 1. The average Bonchev–Trinajstić information content (AvgIpc) is 2.84. The molecule has 0 aliphatic heterocycles. The summed E-state index contributed by atoms with van der Waals surface area (Å²) in [5.74, 6) is 2.21. The van der Waals surface area contributed by atoms with Crippen LogP contribution in [0.2, 0.25) is 0 Å². The van der Waals surface area contributed by atoms with Crippen LogP contribution < -0.4 is 10.5 Å². The van der Waals surface area contributed by atoms with Crippen molar-refractivity contribution in [3.63, 3.8) is 0 Å². The summed E-state index contributed by atoms with van der Waals surface area (Å²) in [4.78, 5) is 0. The van der Waals surface area contributed by atoms with Gasteiger partial charge in [0.2, 0.25) is 0 Å². The van der Waals surface area contributed by atoms with E-state index >= 15 is 0 Å². The molecule has 0 bridgehead atoms. The van der Waals surface area contributed by atoms with Gasteiger partial charge >= 0.3 is 0 Å². The van der Waals surface area contributed by atoms with Gasteiger partial charge in [-0.05, 0) is 47.4 Å². The van der Waals surface area contributed by atoms with Crippen LogP contribution in [0.1, 0.15) is 25.8 Å². The number of hydrogen-bond acceptors (Lipinski definition) is 5. The van der Waals surface area contributed by atoms with E-state index < -0.39 is 0 Å². The second kappa shape index (κ2) is 4.53. The molecule has 19 heavy (non-hydrogen) atoms.